The Morgan fingerprint density at radius 2 is 1.56 bits per heavy atom. The molecule has 0 unspecified atom stereocenters. The van der Waals surface area contributed by atoms with Crippen LogP contribution in [0, 0.1) is 0 Å². The molecule has 192 valence electrons. The molecule has 1 N–H and O–H groups in total. The first-order chi connectivity index (χ1) is 18.7. The van der Waals surface area contributed by atoms with Crippen LogP contribution in [0.2, 0.25) is 0 Å². The van der Waals surface area contributed by atoms with E-state index >= 15 is 0 Å². The van der Waals surface area contributed by atoms with Crippen LogP contribution < -0.4 is 10.9 Å². The summed E-state index contributed by atoms with van der Waals surface area (Å²) in [5, 5.41) is 3.74. The molecule has 0 aliphatic heterocycles. The number of amides is 1. The van der Waals surface area contributed by atoms with Crippen molar-refractivity contribution in [2.45, 2.75) is 26.2 Å². The predicted octanol–water partition coefficient (Wildman–Crippen LogP) is 7.82. The molecule has 0 atom stereocenters. The van der Waals surface area contributed by atoms with E-state index in [1.807, 2.05) is 30.3 Å². The van der Waals surface area contributed by atoms with Crippen molar-refractivity contribution in [3.8, 4) is 22.6 Å². The second kappa shape index (κ2) is 9.40. The summed E-state index contributed by atoms with van der Waals surface area (Å²) in [7, 11) is 0. The van der Waals surface area contributed by atoms with E-state index in [2.05, 4.69) is 43.2 Å². The highest BCUT2D eigenvalue weighted by Crippen LogP contribution is 2.29. The Bertz CT molecular complexity index is 1910. The van der Waals surface area contributed by atoms with Gasteiger partial charge in [-0.15, -0.1) is 0 Å². The summed E-state index contributed by atoms with van der Waals surface area (Å²) >= 11 is 0. The Kier molecular flexibility index (Phi) is 5.88. The lowest BCUT2D eigenvalue weighted by molar-refractivity contribution is 0.102. The highest BCUT2D eigenvalue weighted by molar-refractivity contribution is 6.05. The first-order valence-electron chi connectivity index (χ1n) is 12.7. The van der Waals surface area contributed by atoms with Gasteiger partial charge in [0.05, 0.1) is 5.56 Å². The van der Waals surface area contributed by atoms with E-state index in [1.54, 1.807) is 54.6 Å². The lowest BCUT2D eigenvalue weighted by Gasteiger charge is -2.18. The summed E-state index contributed by atoms with van der Waals surface area (Å²) in [6.07, 6.45) is 0. The molecular formula is C33H26N2O4. The molecule has 0 saturated carbocycles. The van der Waals surface area contributed by atoms with E-state index in [9.17, 15) is 9.59 Å². The summed E-state index contributed by atoms with van der Waals surface area (Å²) in [4.78, 5) is 30.4. The van der Waals surface area contributed by atoms with Crippen LogP contribution in [0.15, 0.2) is 111 Å². The normalized spacial score (nSPS) is 11.7. The smallest absolute Gasteiger partial charge is 0.344 e. The number of anilines is 1. The summed E-state index contributed by atoms with van der Waals surface area (Å²) in [5.74, 6) is 0.221. The molecule has 2 heterocycles. The number of nitrogens with one attached hydrogen (secondary N) is 1. The molecule has 0 aliphatic rings. The second-order valence-corrected chi connectivity index (χ2v) is 10.5. The van der Waals surface area contributed by atoms with Crippen molar-refractivity contribution < 1.29 is 13.6 Å². The van der Waals surface area contributed by atoms with Crippen LogP contribution in [-0.4, -0.2) is 10.9 Å². The van der Waals surface area contributed by atoms with Crippen molar-refractivity contribution in [1.82, 2.24) is 4.98 Å². The summed E-state index contributed by atoms with van der Waals surface area (Å²) in [6.45, 7) is 6.52. The molecule has 0 spiro atoms. The van der Waals surface area contributed by atoms with Crippen molar-refractivity contribution >= 4 is 33.7 Å². The van der Waals surface area contributed by atoms with E-state index in [0.29, 0.717) is 45.0 Å². The number of carbonyl (C=O) groups is 1. The van der Waals surface area contributed by atoms with Gasteiger partial charge in [-0.1, -0.05) is 63.2 Å². The molecule has 6 heteroatoms. The van der Waals surface area contributed by atoms with Gasteiger partial charge in [0.1, 0.15) is 11.1 Å². The first-order valence-corrected chi connectivity index (χ1v) is 12.7. The minimum atomic E-state index is -0.452. The third-order valence-corrected chi connectivity index (χ3v) is 6.72. The van der Waals surface area contributed by atoms with Gasteiger partial charge in [0.2, 0.25) is 5.89 Å². The molecule has 1 amide bonds. The maximum Gasteiger partial charge on any atom is 0.344 e. The SMILES string of the molecule is CC(C)(C)c1ccc(-c2nc3cc(NC(=O)c4cccc(-c5cc6ccccc6oc5=O)c4)ccc3o2)cc1. The van der Waals surface area contributed by atoms with Crippen LogP contribution in [-0.2, 0) is 5.41 Å². The average molecular weight is 515 g/mol. The number of carbonyl (C=O) groups excluding carboxylic acids is 1. The number of hydrogen-bond donors (Lipinski definition) is 1. The van der Waals surface area contributed by atoms with Gasteiger partial charge < -0.3 is 14.2 Å². The van der Waals surface area contributed by atoms with Crippen molar-refractivity contribution in [2.24, 2.45) is 0 Å². The molecule has 2 aromatic heterocycles. The Morgan fingerprint density at radius 3 is 2.36 bits per heavy atom. The molecule has 4 aromatic carbocycles. The predicted molar refractivity (Wildman–Crippen MR) is 154 cm³/mol. The number of aromatic nitrogens is 1. The number of rotatable bonds is 4. The molecule has 6 nitrogen and oxygen atoms in total. The fourth-order valence-corrected chi connectivity index (χ4v) is 4.54. The summed E-state index contributed by atoms with van der Waals surface area (Å²) < 4.78 is 11.4. The molecular weight excluding hydrogens is 488 g/mol. The van der Waals surface area contributed by atoms with Gasteiger partial charge in [-0.25, -0.2) is 9.78 Å². The maximum absolute atomic E-state index is 13.1. The van der Waals surface area contributed by atoms with Gasteiger partial charge in [0.25, 0.3) is 5.91 Å². The number of fused-ring (bicyclic) bond motifs is 2. The average Bonchev–Trinajstić information content (AvgIpc) is 3.36. The number of benzene rings is 4. The number of nitrogens with zero attached hydrogens (tertiary/aromatic N) is 1. The first kappa shape index (κ1) is 24.4. The van der Waals surface area contributed by atoms with Crippen LogP contribution in [0.25, 0.3) is 44.7 Å². The van der Waals surface area contributed by atoms with Crippen molar-refractivity contribution in [2.75, 3.05) is 5.32 Å². The van der Waals surface area contributed by atoms with Gasteiger partial charge in [0, 0.05) is 22.2 Å². The largest absolute Gasteiger partial charge is 0.436 e. The molecule has 39 heavy (non-hydrogen) atoms. The minimum Gasteiger partial charge on any atom is -0.436 e. The van der Waals surface area contributed by atoms with E-state index in [0.717, 1.165) is 10.9 Å². The van der Waals surface area contributed by atoms with Crippen LogP contribution >= 0.6 is 0 Å². The summed E-state index contributed by atoms with van der Waals surface area (Å²) in [5.41, 5.74) is 5.54. The molecule has 6 rings (SSSR count). The van der Waals surface area contributed by atoms with E-state index < -0.39 is 5.63 Å². The Morgan fingerprint density at radius 1 is 0.769 bits per heavy atom. The molecule has 0 bridgehead atoms. The van der Waals surface area contributed by atoms with Crippen LogP contribution in [0.3, 0.4) is 0 Å². The fraction of sp³-hybridized carbons (Fsp3) is 0.121. The van der Waals surface area contributed by atoms with Gasteiger partial charge in [-0.05, 0) is 71.1 Å². The summed E-state index contributed by atoms with van der Waals surface area (Å²) in [6, 6.07) is 29.6. The lowest BCUT2D eigenvalue weighted by atomic mass is 9.87. The Labute approximate surface area is 224 Å². The van der Waals surface area contributed by atoms with Crippen LogP contribution in [0.5, 0.6) is 0 Å². The van der Waals surface area contributed by atoms with Crippen molar-refractivity contribution in [1.29, 1.82) is 0 Å². The minimum absolute atomic E-state index is 0.0640. The molecule has 0 fully saturated rings. The van der Waals surface area contributed by atoms with E-state index in [1.165, 1.54) is 5.56 Å². The highest BCUT2D eigenvalue weighted by Gasteiger charge is 2.16. The van der Waals surface area contributed by atoms with Crippen LogP contribution in [0.4, 0.5) is 5.69 Å². The monoisotopic (exact) mass is 514 g/mol. The van der Waals surface area contributed by atoms with Gasteiger partial charge in [-0.2, -0.15) is 0 Å². The van der Waals surface area contributed by atoms with Gasteiger partial charge in [0.15, 0.2) is 5.58 Å². The number of oxazole rings is 1. The second-order valence-electron chi connectivity index (χ2n) is 10.5. The van der Waals surface area contributed by atoms with E-state index in [-0.39, 0.29) is 11.3 Å². The standard InChI is InChI=1S/C33H26N2O4/c1-33(2,3)24-13-11-20(12-14-24)31-35-27-19-25(15-16-29(27)38-31)34-30(36)23-9-6-8-21(17-23)26-18-22-7-4-5-10-28(22)39-32(26)37/h4-19H,1-3H3,(H,34,36). The third kappa shape index (κ3) is 4.84. The Balaban J connectivity index is 1.24. The number of para-hydroxylation sites is 1. The van der Waals surface area contributed by atoms with Gasteiger partial charge >= 0.3 is 5.63 Å². The van der Waals surface area contributed by atoms with Crippen molar-refractivity contribution in [3.05, 3.63) is 119 Å². The maximum atomic E-state index is 13.1. The lowest BCUT2D eigenvalue weighted by Crippen LogP contribution is -2.12. The fourth-order valence-electron chi connectivity index (χ4n) is 4.54. The highest BCUT2D eigenvalue weighted by atomic mass is 16.4. The third-order valence-electron chi connectivity index (χ3n) is 6.72. The molecule has 0 radical (unpaired) electrons. The Hall–Kier alpha value is -4.97. The topological polar surface area (TPSA) is 85.3 Å². The quantitative estimate of drug-likeness (QED) is 0.242. The zero-order chi connectivity index (χ0) is 27.1. The molecule has 0 saturated heterocycles. The molecule has 6 aromatic rings. The van der Waals surface area contributed by atoms with Gasteiger partial charge in [-0.3, -0.25) is 4.79 Å². The van der Waals surface area contributed by atoms with E-state index in [4.69, 9.17) is 8.83 Å². The van der Waals surface area contributed by atoms with Crippen molar-refractivity contribution in [3.63, 3.8) is 0 Å². The number of hydrogen-bond acceptors (Lipinski definition) is 5. The van der Waals surface area contributed by atoms with Crippen LogP contribution in [0.1, 0.15) is 36.7 Å². The molecule has 0 aliphatic carbocycles. The zero-order valence-corrected chi connectivity index (χ0v) is 21.8. The zero-order valence-electron chi connectivity index (χ0n) is 21.8.